The molecule has 0 spiro atoms. The van der Waals surface area contributed by atoms with Crippen LogP contribution < -0.4 is 10.2 Å². The number of nitrogens with zero attached hydrogens (tertiary/aromatic N) is 1. The molecule has 0 bridgehead atoms. The number of aryl methyl sites for hydroxylation is 1. The maximum absolute atomic E-state index is 15.0. The van der Waals surface area contributed by atoms with Gasteiger partial charge in [-0.25, -0.2) is 4.39 Å². The van der Waals surface area contributed by atoms with Crippen molar-refractivity contribution in [1.29, 1.82) is 0 Å². The van der Waals surface area contributed by atoms with E-state index >= 15 is 4.39 Å². The second-order valence-electron chi connectivity index (χ2n) is 8.22. The molecule has 0 radical (unpaired) electrons. The van der Waals surface area contributed by atoms with Gasteiger partial charge in [-0.05, 0) is 54.5 Å². The lowest BCUT2D eigenvalue weighted by Crippen LogP contribution is -2.47. The van der Waals surface area contributed by atoms with E-state index in [-0.39, 0.29) is 30.0 Å². The normalized spacial score (nSPS) is 14.8. The summed E-state index contributed by atoms with van der Waals surface area (Å²) in [7, 11) is 0. The van der Waals surface area contributed by atoms with E-state index in [1.54, 1.807) is 18.2 Å². The highest BCUT2D eigenvalue weighted by molar-refractivity contribution is 7.10. The molecule has 1 saturated carbocycles. The van der Waals surface area contributed by atoms with Gasteiger partial charge in [-0.15, -0.1) is 11.3 Å². The van der Waals surface area contributed by atoms with Crippen LogP contribution in [0.3, 0.4) is 0 Å². The van der Waals surface area contributed by atoms with E-state index in [1.165, 1.54) is 22.3 Å². The summed E-state index contributed by atoms with van der Waals surface area (Å²) in [5.74, 6) is -1.11. The lowest BCUT2D eigenvalue weighted by atomic mass is 9.97. The van der Waals surface area contributed by atoms with Crippen molar-refractivity contribution in [3.63, 3.8) is 0 Å². The number of nitrogens with one attached hydrogen (secondary N) is 1. The van der Waals surface area contributed by atoms with Gasteiger partial charge in [-0.3, -0.25) is 14.5 Å². The molecule has 1 aliphatic carbocycles. The summed E-state index contributed by atoms with van der Waals surface area (Å²) in [6.45, 7) is 1.91. The summed E-state index contributed by atoms with van der Waals surface area (Å²) in [4.78, 5) is 29.5. The number of hydrogen-bond donors (Lipinski definition) is 1. The standard InChI is InChI=1S/C26H27FN2O2S/c1-18-9-2-5-13-21(18)25(26(31)28-19-10-3-4-11-19)29(23-15-7-6-14-22(23)27)24(30)17-20-12-8-16-32-20/h2,5-9,12-16,19,25H,3-4,10-11,17H2,1H3,(H,28,31). The van der Waals surface area contributed by atoms with Gasteiger partial charge >= 0.3 is 0 Å². The Morgan fingerprint density at radius 1 is 1.06 bits per heavy atom. The maximum Gasteiger partial charge on any atom is 0.248 e. The van der Waals surface area contributed by atoms with Crippen molar-refractivity contribution in [3.05, 3.63) is 87.9 Å². The molecule has 1 aliphatic rings. The average molecular weight is 451 g/mol. The van der Waals surface area contributed by atoms with Crippen LogP contribution in [-0.4, -0.2) is 17.9 Å². The monoisotopic (exact) mass is 450 g/mol. The molecular formula is C26H27FN2O2S. The first kappa shape index (κ1) is 22.2. The molecule has 1 aromatic heterocycles. The van der Waals surface area contributed by atoms with Gasteiger partial charge in [0.25, 0.3) is 0 Å². The molecular weight excluding hydrogens is 423 g/mol. The Balaban J connectivity index is 1.79. The first-order valence-electron chi connectivity index (χ1n) is 11.0. The summed E-state index contributed by atoms with van der Waals surface area (Å²) in [6, 6.07) is 16.6. The van der Waals surface area contributed by atoms with E-state index in [4.69, 9.17) is 0 Å². The number of amides is 2. The van der Waals surface area contributed by atoms with Crippen molar-refractivity contribution in [2.45, 2.75) is 51.1 Å². The van der Waals surface area contributed by atoms with Crippen molar-refractivity contribution in [2.24, 2.45) is 0 Å². The van der Waals surface area contributed by atoms with Gasteiger partial charge in [0, 0.05) is 10.9 Å². The highest BCUT2D eigenvalue weighted by atomic mass is 32.1. The summed E-state index contributed by atoms with van der Waals surface area (Å²) in [5.41, 5.74) is 1.69. The summed E-state index contributed by atoms with van der Waals surface area (Å²) >= 11 is 1.47. The Bertz CT molecular complexity index is 1080. The van der Waals surface area contributed by atoms with E-state index in [1.807, 2.05) is 48.7 Å². The quantitative estimate of drug-likeness (QED) is 0.511. The zero-order chi connectivity index (χ0) is 22.5. The Labute approximate surface area is 192 Å². The number of para-hydroxylation sites is 1. The van der Waals surface area contributed by atoms with Crippen LogP contribution >= 0.6 is 11.3 Å². The maximum atomic E-state index is 15.0. The third-order valence-corrected chi connectivity index (χ3v) is 6.85. The predicted octanol–water partition coefficient (Wildman–Crippen LogP) is 5.57. The number of halogens is 1. The van der Waals surface area contributed by atoms with Crippen molar-refractivity contribution >= 4 is 28.8 Å². The molecule has 32 heavy (non-hydrogen) atoms. The highest BCUT2D eigenvalue weighted by Crippen LogP contribution is 2.33. The van der Waals surface area contributed by atoms with Crippen LogP contribution in [0.4, 0.5) is 10.1 Å². The van der Waals surface area contributed by atoms with Crippen LogP contribution in [0.2, 0.25) is 0 Å². The van der Waals surface area contributed by atoms with Crippen LogP contribution in [0.25, 0.3) is 0 Å². The minimum absolute atomic E-state index is 0.0869. The largest absolute Gasteiger partial charge is 0.351 e. The van der Waals surface area contributed by atoms with Gasteiger partial charge in [0.05, 0.1) is 12.1 Å². The van der Waals surface area contributed by atoms with Crippen molar-refractivity contribution in [1.82, 2.24) is 5.32 Å². The third-order valence-electron chi connectivity index (χ3n) is 5.98. The van der Waals surface area contributed by atoms with Gasteiger partial charge in [0.15, 0.2) is 0 Å². The number of anilines is 1. The zero-order valence-corrected chi connectivity index (χ0v) is 18.9. The average Bonchev–Trinajstić information content (AvgIpc) is 3.48. The first-order chi connectivity index (χ1) is 15.5. The number of carbonyl (C=O) groups excluding carboxylic acids is 2. The van der Waals surface area contributed by atoms with E-state index < -0.39 is 11.9 Å². The van der Waals surface area contributed by atoms with Crippen LogP contribution in [0.15, 0.2) is 66.0 Å². The minimum atomic E-state index is -0.957. The second-order valence-corrected chi connectivity index (χ2v) is 9.25. The zero-order valence-electron chi connectivity index (χ0n) is 18.1. The molecule has 1 atom stereocenters. The molecule has 0 aliphatic heterocycles. The van der Waals surface area contributed by atoms with Gasteiger partial charge in [0.1, 0.15) is 11.9 Å². The highest BCUT2D eigenvalue weighted by Gasteiger charge is 2.36. The molecule has 1 heterocycles. The van der Waals surface area contributed by atoms with Crippen molar-refractivity contribution in [2.75, 3.05) is 4.90 Å². The third kappa shape index (κ3) is 4.91. The van der Waals surface area contributed by atoms with E-state index in [0.29, 0.717) is 5.56 Å². The molecule has 4 rings (SSSR count). The molecule has 0 saturated heterocycles. The Morgan fingerprint density at radius 2 is 1.78 bits per heavy atom. The predicted molar refractivity (Wildman–Crippen MR) is 126 cm³/mol. The molecule has 6 heteroatoms. The lowest BCUT2D eigenvalue weighted by Gasteiger charge is -2.33. The molecule has 2 amide bonds. The number of carbonyl (C=O) groups is 2. The molecule has 4 nitrogen and oxygen atoms in total. The molecule has 2 aromatic carbocycles. The van der Waals surface area contributed by atoms with E-state index in [2.05, 4.69) is 5.32 Å². The fourth-order valence-electron chi connectivity index (χ4n) is 4.35. The van der Waals surface area contributed by atoms with E-state index in [0.717, 1.165) is 36.1 Å². The summed E-state index contributed by atoms with van der Waals surface area (Å²) in [5, 5.41) is 5.04. The molecule has 166 valence electrons. The SMILES string of the molecule is Cc1ccccc1C(C(=O)NC1CCCC1)N(C(=O)Cc1cccs1)c1ccccc1F. The number of hydrogen-bond acceptors (Lipinski definition) is 3. The first-order valence-corrected chi connectivity index (χ1v) is 11.9. The van der Waals surface area contributed by atoms with Gasteiger partial charge in [0.2, 0.25) is 11.8 Å². The molecule has 3 aromatic rings. The molecule has 1 N–H and O–H groups in total. The van der Waals surface area contributed by atoms with Crippen molar-refractivity contribution < 1.29 is 14.0 Å². The topological polar surface area (TPSA) is 49.4 Å². The fourth-order valence-corrected chi connectivity index (χ4v) is 5.05. The Hall–Kier alpha value is -2.99. The number of benzene rings is 2. The Morgan fingerprint density at radius 3 is 2.47 bits per heavy atom. The summed E-state index contributed by atoms with van der Waals surface area (Å²) < 4.78 is 15.0. The number of thiophene rings is 1. The number of rotatable bonds is 7. The Kier molecular flexibility index (Phi) is 7.00. The summed E-state index contributed by atoms with van der Waals surface area (Å²) in [6.07, 6.45) is 4.11. The van der Waals surface area contributed by atoms with Crippen LogP contribution in [0, 0.1) is 12.7 Å². The van der Waals surface area contributed by atoms with Crippen LogP contribution in [0.5, 0.6) is 0 Å². The van der Waals surface area contributed by atoms with Gasteiger partial charge in [-0.1, -0.05) is 55.3 Å². The minimum Gasteiger partial charge on any atom is -0.351 e. The fraction of sp³-hybridized carbons (Fsp3) is 0.308. The van der Waals surface area contributed by atoms with Crippen molar-refractivity contribution in [3.8, 4) is 0 Å². The van der Waals surface area contributed by atoms with E-state index in [9.17, 15) is 9.59 Å². The molecule has 1 fully saturated rings. The van der Waals surface area contributed by atoms with Gasteiger partial charge in [-0.2, -0.15) is 0 Å². The second kappa shape index (κ2) is 10.1. The smallest absolute Gasteiger partial charge is 0.248 e. The lowest BCUT2D eigenvalue weighted by molar-refractivity contribution is -0.127. The van der Waals surface area contributed by atoms with Crippen LogP contribution in [0.1, 0.15) is 47.7 Å². The molecule has 1 unspecified atom stereocenters. The van der Waals surface area contributed by atoms with Crippen LogP contribution in [-0.2, 0) is 16.0 Å². The van der Waals surface area contributed by atoms with Gasteiger partial charge < -0.3 is 5.32 Å².